The van der Waals surface area contributed by atoms with Crippen molar-refractivity contribution in [3.63, 3.8) is 0 Å². The summed E-state index contributed by atoms with van der Waals surface area (Å²) in [6, 6.07) is 6.50. The molecule has 6 heteroatoms. The van der Waals surface area contributed by atoms with Crippen molar-refractivity contribution < 1.29 is 26.0 Å². The number of nitrogens with zero attached hydrogens (tertiary/aromatic N) is 1. The van der Waals surface area contributed by atoms with Crippen LogP contribution in [0, 0.1) is 0 Å². The number of benzene rings is 1. The molecule has 1 fully saturated rings. The van der Waals surface area contributed by atoms with Gasteiger partial charge in [-0.3, -0.25) is 4.99 Å². The molecule has 0 heterocycles. The summed E-state index contributed by atoms with van der Waals surface area (Å²) in [7, 11) is 8.41. The molecule has 1 aromatic rings. The van der Waals surface area contributed by atoms with Crippen molar-refractivity contribution in [3.05, 3.63) is 23.8 Å². The predicted molar refractivity (Wildman–Crippen MR) is 83.4 cm³/mol. The van der Waals surface area contributed by atoms with Crippen molar-refractivity contribution in [2.45, 2.75) is 38.5 Å². The number of hydrogen-bond acceptors (Lipinski definition) is 2. The summed E-state index contributed by atoms with van der Waals surface area (Å²) >= 11 is -0.826. The topological polar surface area (TPSA) is 32.6 Å². The third-order valence-corrected chi connectivity index (χ3v) is 4.87. The molecular formula is C13H19Cl2NOSiZr. The Balaban J connectivity index is 0.000000550. The van der Waals surface area contributed by atoms with E-state index in [4.69, 9.17) is 17.0 Å². The molecule has 0 atom stereocenters. The van der Waals surface area contributed by atoms with Gasteiger partial charge in [0.15, 0.2) is 0 Å². The summed E-state index contributed by atoms with van der Waals surface area (Å²) in [5, 5.41) is 11.3. The van der Waals surface area contributed by atoms with Crippen molar-refractivity contribution in [2.24, 2.45) is 4.99 Å². The molecule has 0 saturated heterocycles. The van der Waals surface area contributed by atoms with Crippen LogP contribution in [0.3, 0.4) is 0 Å². The van der Waals surface area contributed by atoms with Gasteiger partial charge >= 0.3 is 37.9 Å². The molecule has 2 nitrogen and oxygen atoms in total. The van der Waals surface area contributed by atoms with Crippen molar-refractivity contribution in [1.29, 1.82) is 0 Å². The van der Waals surface area contributed by atoms with E-state index in [1.54, 1.807) is 0 Å². The van der Waals surface area contributed by atoms with Gasteiger partial charge in [0.1, 0.15) is 5.75 Å². The summed E-state index contributed by atoms with van der Waals surface area (Å²) in [6.45, 7) is 6.72. The van der Waals surface area contributed by atoms with Gasteiger partial charge in [0.2, 0.25) is 0 Å². The molecule has 1 aliphatic carbocycles. The first kappa shape index (κ1) is 17.4. The second-order valence-corrected chi connectivity index (χ2v) is 14.3. The Hall–Kier alpha value is 0.370. The minimum atomic E-state index is -1.46. The van der Waals surface area contributed by atoms with Gasteiger partial charge < -0.3 is 5.11 Å². The van der Waals surface area contributed by atoms with Crippen molar-refractivity contribution in [3.8, 4) is 5.75 Å². The van der Waals surface area contributed by atoms with E-state index in [1.165, 1.54) is 12.8 Å². The Labute approximate surface area is 134 Å². The van der Waals surface area contributed by atoms with Crippen LogP contribution in [0.5, 0.6) is 5.75 Å². The Morgan fingerprint density at radius 1 is 1.32 bits per heavy atom. The van der Waals surface area contributed by atoms with Crippen LogP contribution in [0.4, 0.5) is 0 Å². The predicted octanol–water partition coefficient (Wildman–Crippen LogP) is 3.90. The molecule has 0 spiro atoms. The molecule has 0 bridgehead atoms. The quantitative estimate of drug-likeness (QED) is 0.611. The first-order chi connectivity index (χ1) is 8.90. The number of para-hydroxylation sites is 1. The van der Waals surface area contributed by atoms with Gasteiger partial charge in [-0.25, -0.2) is 0 Å². The van der Waals surface area contributed by atoms with Crippen LogP contribution >= 0.6 is 17.0 Å². The summed E-state index contributed by atoms with van der Waals surface area (Å²) in [5.74, 6) is 0.436. The summed E-state index contributed by atoms with van der Waals surface area (Å²) in [4.78, 5) is 4.42. The van der Waals surface area contributed by atoms with Crippen molar-refractivity contribution in [2.75, 3.05) is 0 Å². The first-order valence-corrected chi connectivity index (χ1v) is 16.0. The van der Waals surface area contributed by atoms with E-state index in [0.29, 0.717) is 11.8 Å². The van der Waals surface area contributed by atoms with Gasteiger partial charge in [0, 0.05) is 11.8 Å². The molecule has 2 rings (SSSR count). The SMILES string of the molecule is C[Si](C)(C)c1cccc(C=NC2CC2)c1O.[Cl][Zr][Cl]. The Bertz CT molecular complexity index is 445. The third kappa shape index (κ3) is 6.12. The van der Waals surface area contributed by atoms with E-state index in [2.05, 4.69) is 24.6 Å². The van der Waals surface area contributed by atoms with E-state index in [-0.39, 0.29) is 0 Å². The van der Waals surface area contributed by atoms with E-state index in [9.17, 15) is 5.11 Å². The molecule has 104 valence electrons. The van der Waals surface area contributed by atoms with Gasteiger partial charge in [-0.1, -0.05) is 31.8 Å². The standard InChI is InChI=1S/C13H19NOSi.2ClH.Zr/c1-16(2,3)12-6-4-5-10(13(12)15)9-14-11-7-8-11;;;/h4-6,9,11,15H,7-8H2,1-3H3;2*1H;/q;;;+2/p-2. The van der Waals surface area contributed by atoms with Crippen LogP contribution in [-0.4, -0.2) is 25.4 Å². The van der Waals surface area contributed by atoms with Crippen LogP contribution in [0.1, 0.15) is 18.4 Å². The molecule has 0 radical (unpaired) electrons. The minimum absolute atomic E-state index is 0.436. The normalized spacial score (nSPS) is 15.0. The van der Waals surface area contributed by atoms with E-state index in [0.717, 1.165) is 10.8 Å². The zero-order valence-electron chi connectivity index (χ0n) is 11.5. The fourth-order valence-electron chi connectivity index (χ4n) is 1.68. The fourth-order valence-corrected chi connectivity index (χ4v) is 3.13. The Kier molecular flexibility index (Phi) is 7.31. The van der Waals surface area contributed by atoms with Crippen LogP contribution in [0.2, 0.25) is 19.6 Å². The summed E-state index contributed by atoms with van der Waals surface area (Å²) in [5.41, 5.74) is 0.867. The zero-order chi connectivity index (χ0) is 14.5. The average Bonchev–Trinajstić information content (AvgIpc) is 3.11. The number of aromatic hydroxyl groups is 1. The number of hydrogen-bond donors (Lipinski definition) is 1. The molecule has 0 unspecified atom stereocenters. The van der Waals surface area contributed by atoms with Crippen molar-refractivity contribution >= 4 is 36.5 Å². The van der Waals surface area contributed by atoms with Gasteiger partial charge in [-0.15, -0.1) is 0 Å². The number of aliphatic imine (C=N–C) groups is 1. The number of halogens is 2. The molecule has 0 aromatic heterocycles. The fraction of sp³-hybridized carbons (Fsp3) is 0.462. The number of phenolic OH excluding ortho intramolecular Hbond substituents is 1. The molecular weight excluding hydrogens is 376 g/mol. The summed E-state index contributed by atoms with van der Waals surface area (Å²) in [6.07, 6.45) is 4.23. The molecule has 0 amide bonds. The van der Waals surface area contributed by atoms with E-state index < -0.39 is 28.9 Å². The van der Waals surface area contributed by atoms with Crippen molar-refractivity contribution in [1.82, 2.24) is 0 Å². The Morgan fingerprint density at radius 3 is 2.37 bits per heavy atom. The van der Waals surface area contributed by atoms with Crippen LogP contribution < -0.4 is 5.19 Å². The average molecular weight is 396 g/mol. The Morgan fingerprint density at radius 2 is 1.89 bits per heavy atom. The second-order valence-electron chi connectivity index (χ2n) is 5.57. The van der Waals surface area contributed by atoms with Crippen LogP contribution in [-0.2, 0) is 20.8 Å². The van der Waals surface area contributed by atoms with E-state index >= 15 is 0 Å². The summed E-state index contributed by atoms with van der Waals surface area (Å²) < 4.78 is 0. The van der Waals surface area contributed by atoms with E-state index in [1.807, 2.05) is 24.4 Å². The molecule has 1 saturated carbocycles. The van der Waals surface area contributed by atoms with Gasteiger partial charge in [0.05, 0.1) is 14.1 Å². The van der Waals surface area contributed by atoms with Gasteiger partial charge in [-0.05, 0) is 24.1 Å². The third-order valence-electron chi connectivity index (χ3n) is 2.85. The zero-order valence-corrected chi connectivity index (χ0v) is 16.4. The first-order valence-electron chi connectivity index (χ1n) is 6.22. The van der Waals surface area contributed by atoms with Gasteiger partial charge in [0.25, 0.3) is 0 Å². The number of rotatable bonds is 3. The van der Waals surface area contributed by atoms with Gasteiger partial charge in [-0.2, -0.15) is 0 Å². The molecule has 0 aliphatic heterocycles. The molecule has 1 aliphatic rings. The van der Waals surface area contributed by atoms with Crippen LogP contribution in [0.25, 0.3) is 0 Å². The monoisotopic (exact) mass is 393 g/mol. The maximum absolute atomic E-state index is 10.2. The van der Waals surface area contributed by atoms with Crippen LogP contribution in [0.15, 0.2) is 23.2 Å². The molecule has 1 N–H and O–H groups in total. The molecule has 19 heavy (non-hydrogen) atoms. The second kappa shape index (κ2) is 7.97. The molecule has 1 aromatic carbocycles. The number of phenols is 1. The maximum atomic E-state index is 10.2.